The lowest BCUT2D eigenvalue weighted by Gasteiger charge is -2.30. The molecule has 1 fully saturated rings. The van der Waals surface area contributed by atoms with Gasteiger partial charge in [-0.3, -0.25) is 34.8 Å². The molecule has 17 heteroatoms. The third-order valence-corrected chi connectivity index (χ3v) is 6.45. The molecule has 1 aromatic carbocycles. The summed E-state index contributed by atoms with van der Waals surface area (Å²) in [6.07, 6.45) is 0.477. The molecule has 43 heavy (non-hydrogen) atoms. The third-order valence-electron chi connectivity index (χ3n) is 6.45. The van der Waals surface area contributed by atoms with Crippen LogP contribution in [0.2, 0.25) is 0 Å². The first kappa shape index (κ1) is 34.3. The van der Waals surface area contributed by atoms with Crippen LogP contribution >= 0.6 is 0 Å². The number of nitrogens with one attached hydrogen (secondary N) is 7. The predicted molar refractivity (Wildman–Crippen MR) is 154 cm³/mol. The van der Waals surface area contributed by atoms with E-state index in [1.54, 1.807) is 37.3 Å². The molecule has 6 amide bonds. The second kappa shape index (κ2) is 17.1. The first-order valence-electron chi connectivity index (χ1n) is 13.8. The second-order valence-corrected chi connectivity index (χ2v) is 9.83. The van der Waals surface area contributed by atoms with Crippen LogP contribution in [0.25, 0.3) is 0 Å². The molecule has 0 spiro atoms. The average molecular weight is 605 g/mol. The van der Waals surface area contributed by atoms with E-state index in [0.717, 1.165) is 5.01 Å². The molecule has 1 aliphatic rings. The van der Waals surface area contributed by atoms with Crippen molar-refractivity contribution in [1.29, 1.82) is 5.41 Å². The van der Waals surface area contributed by atoms with Gasteiger partial charge in [0.2, 0.25) is 17.7 Å². The van der Waals surface area contributed by atoms with Gasteiger partial charge in [-0.05, 0) is 37.8 Å². The summed E-state index contributed by atoms with van der Waals surface area (Å²) < 4.78 is 0. The van der Waals surface area contributed by atoms with Gasteiger partial charge in [-0.25, -0.2) is 9.80 Å². The highest BCUT2D eigenvalue weighted by Crippen LogP contribution is 2.09. The molecule has 0 aliphatic carbocycles. The molecule has 236 valence electrons. The van der Waals surface area contributed by atoms with Gasteiger partial charge in [0.15, 0.2) is 5.96 Å². The van der Waals surface area contributed by atoms with Crippen LogP contribution in [0.3, 0.4) is 0 Å². The van der Waals surface area contributed by atoms with Crippen LogP contribution < -0.4 is 43.5 Å². The van der Waals surface area contributed by atoms with Crippen molar-refractivity contribution in [2.24, 2.45) is 11.5 Å². The number of carbonyl (C=O) groups is 6. The molecule has 1 heterocycles. The maximum atomic E-state index is 13.5. The largest absolute Gasteiger partial charge is 0.481 e. The monoisotopic (exact) mass is 604 g/mol. The maximum Gasteiger partial charge on any atom is 0.337 e. The van der Waals surface area contributed by atoms with Gasteiger partial charge in [-0.2, -0.15) is 0 Å². The van der Waals surface area contributed by atoms with Gasteiger partial charge in [-0.15, -0.1) is 0 Å². The van der Waals surface area contributed by atoms with E-state index in [1.807, 2.05) is 0 Å². The van der Waals surface area contributed by atoms with E-state index in [4.69, 9.17) is 16.9 Å². The Balaban J connectivity index is 2.53. The number of nitrogens with two attached hydrogens (primary N) is 2. The number of urea groups is 1. The topological polar surface area (TPSA) is 274 Å². The van der Waals surface area contributed by atoms with Crippen molar-refractivity contribution >= 4 is 41.6 Å². The Morgan fingerprint density at radius 3 is 2.35 bits per heavy atom. The number of carboxylic acid groups (broad SMARTS) is 1. The van der Waals surface area contributed by atoms with Crippen LogP contribution in [-0.4, -0.2) is 89.0 Å². The maximum absolute atomic E-state index is 13.5. The van der Waals surface area contributed by atoms with Gasteiger partial charge < -0.3 is 43.2 Å². The predicted octanol–water partition coefficient (Wildman–Crippen LogP) is -2.44. The zero-order valence-corrected chi connectivity index (χ0v) is 23.9. The Labute approximate surface area is 248 Å². The minimum atomic E-state index is -1.61. The molecule has 17 nitrogen and oxygen atoms in total. The minimum absolute atomic E-state index is 0.120. The van der Waals surface area contributed by atoms with Gasteiger partial charge in [0, 0.05) is 0 Å². The number of nitrogens with zero attached hydrogens (tertiary/aromatic N) is 1. The smallest absolute Gasteiger partial charge is 0.337 e. The lowest BCUT2D eigenvalue weighted by Crippen LogP contribution is -2.63. The molecule has 1 unspecified atom stereocenters. The van der Waals surface area contributed by atoms with Crippen molar-refractivity contribution in [3.63, 3.8) is 0 Å². The number of rotatable bonds is 11. The first-order valence-corrected chi connectivity index (χ1v) is 13.8. The number of guanidine groups is 1. The molecule has 0 bridgehead atoms. The molecular weight excluding hydrogens is 564 g/mol. The molecule has 2 rings (SSSR count). The number of hydrogen-bond acceptors (Lipinski definition) is 8. The van der Waals surface area contributed by atoms with Crippen molar-refractivity contribution in [3.8, 4) is 0 Å². The highest BCUT2D eigenvalue weighted by Gasteiger charge is 2.34. The number of unbranched alkanes of at least 4 members (excludes halogenated alkanes) is 1. The summed E-state index contributed by atoms with van der Waals surface area (Å²) in [7, 11) is 0. The number of aliphatic carboxylic acids is 1. The second-order valence-electron chi connectivity index (χ2n) is 9.83. The van der Waals surface area contributed by atoms with Crippen molar-refractivity contribution in [2.75, 3.05) is 13.1 Å². The molecule has 0 radical (unpaired) electrons. The summed E-state index contributed by atoms with van der Waals surface area (Å²) in [6, 6.07) is 2.61. The molecule has 1 saturated heterocycles. The van der Waals surface area contributed by atoms with Crippen LogP contribution in [0.1, 0.15) is 44.6 Å². The van der Waals surface area contributed by atoms with Crippen molar-refractivity contribution in [3.05, 3.63) is 35.9 Å². The van der Waals surface area contributed by atoms with Gasteiger partial charge in [0.05, 0.1) is 25.6 Å². The lowest BCUT2D eigenvalue weighted by atomic mass is 10.0. The zero-order chi connectivity index (χ0) is 31.9. The van der Waals surface area contributed by atoms with Gasteiger partial charge in [0.1, 0.15) is 18.1 Å². The SMILES string of the molecule is CCC(NC(=N)N)[C@@H]1NC(=O)[C@H](CCCCN)NC(=O)N(Cc2ccccc2)NC(=O)[C@H](CC(=O)O)NC(=O)CNC1=O. The fourth-order valence-electron chi connectivity index (χ4n) is 4.26. The van der Waals surface area contributed by atoms with Crippen LogP contribution in [0.15, 0.2) is 30.3 Å². The summed E-state index contributed by atoms with van der Waals surface area (Å²) in [5.74, 6) is -5.35. The summed E-state index contributed by atoms with van der Waals surface area (Å²) in [6.45, 7) is 1.16. The highest BCUT2D eigenvalue weighted by molar-refractivity contribution is 5.96. The van der Waals surface area contributed by atoms with Crippen molar-refractivity contribution in [1.82, 2.24) is 37.0 Å². The fourth-order valence-corrected chi connectivity index (χ4v) is 4.26. The van der Waals surface area contributed by atoms with E-state index in [-0.39, 0.29) is 19.4 Å². The number of carbonyl (C=O) groups excluding carboxylic acids is 5. The molecule has 4 atom stereocenters. The standard InChI is InChI=1S/C26H40N10O7/c1-2-16(32-25(28)29)21-24(42)30-13-19(37)31-18(12-20(38)39)23(41)35-36(14-15-8-4-3-5-9-15)26(43)33-17(22(40)34-21)10-6-7-11-27/h3-5,8-9,16-18,21H,2,6-7,10-14,27H2,1H3,(H,30,42)(H,31,37)(H,33,43)(H,34,40)(H,35,41)(H,38,39)(H4,28,29,32)/t16?,17-,18-,21-/m0/s1. The van der Waals surface area contributed by atoms with Crippen LogP contribution in [0.4, 0.5) is 4.79 Å². The summed E-state index contributed by atoms with van der Waals surface area (Å²) in [4.78, 5) is 77.5. The Morgan fingerprint density at radius 2 is 1.74 bits per heavy atom. The van der Waals surface area contributed by atoms with Gasteiger partial charge >= 0.3 is 12.0 Å². The molecule has 12 N–H and O–H groups in total. The van der Waals surface area contributed by atoms with Crippen LogP contribution in [0.5, 0.6) is 0 Å². The molecule has 0 aromatic heterocycles. The first-order chi connectivity index (χ1) is 20.4. The Morgan fingerprint density at radius 1 is 1.05 bits per heavy atom. The third kappa shape index (κ3) is 11.5. The molecular formula is C26H40N10O7. The van der Waals surface area contributed by atoms with E-state index in [9.17, 15) is 33.9 Å². The zero-order valence-electron chi connectivity index (χ0n) is 23.9. The Kier molecular flexibility index (Phi) is 13.6. The highest BCUT2D eigenvalue weighted by atomic mass is 16.4. The minimum Gasteiger partial charge on any atom is -0.481 e. The summed E-state index contributed by atoms with van der Waals surface area (Å²) >= 11 is 0. The number of carboxylic acids is 1. The van der Waals surface area contributed by atoms with Gasteiger partial charge in [-0.1, -0.05) is 37.3 Å². The number of benzene rings is 1. The normalized spacial score (nSPS) is 21.1. The average Bonchev–Trinajstić information content (AvgIpc) is 2.96. The lowest BCUT2D eigenvalue weighted by molar-refractivity contribution is -0.141. The quantitative estimate of drug-likeness (QED) is 0.0724. The van der Waals surface area contributed by atoms with E-state index < -0.39 is 78.7 Å². The van der Waals surface area contributed by atoms with E-state index in [0.29, 0.717) is 24.9 Å². The van der Waals surface area contributed by atoms with Crippen LogP contribution in [0, 0.1) is 5.41 Å². The van der Waals surface area contributed by atoms with Gasteiger partial charge in [0.25, 0.3) is 5.91 Å². The molecule has 1 aromatic rings. The Hall–Kier alpha value is -4.93. The molecule has 0 saturated carbocycles. The Bertz CT molecular complexity index is 1170. The summed E-state index contributed by atoms with van der Waals surface area (Å²) in [5.41, 5.74) is 14.0. The van der Waals surface area contributed by atoms with E-state index >= 15 is 0 Å². The van der Waals surface area contributed by atoms with E-state index in [2.05, 4.69) is 32.0 Å². The summed E-state index contributed by atoms with van der Waals surface area (Å²) in [5, 5.41) is 30.2. The number of amides is 6. The van der Waals surface area contributed by atoms with Crippen LogP contribution in [-0.2, 0) is 30.5 Å². The van der Waals surface area contributed by atoms with Crippen molar-refractivity contribution < 1.29 is 33.9 Å². The van der Waals surface area contributed by atoms with Crippen molar-refractivity contribution in [2.45, 2.75) is 69.7 Å². The fraction of sp³-hybridized carbons (Fsp3) is 0.500. The van der Waals surface area contributed by atoms with E-state index in [1.165, 1.54) is 0 Å². The molecule has 1 aliphatic heterocycles. The number of hydrogen-bond donors (Lipinski definition) is 10. The number of hydrazine groups is 1.